The highest BCUT2D eigenvalue weighted by molar-refractivity contribution is 5.54. The Morgan fingerprint density at radius 3 is 2.42 bits per heavy atom. The Morgan fingerprint density at radius 2 is 1.89 bits per heavy atom. The van der Waals surface area contributed by atoms with Gasteiger partial charge < -0.3 is 4.90 Å². The number of nitrogens with zero attached hydrogens (tertiary/aromatic N) is 3. The second-order valence-corrected chi connectivity index (χ2v) is 6.56. The number of aromatic nitrogens is 1. The molecule has 0 spiro atoms. The maximum atomic E-state index is 9.20. The molecule has 1 aromatic heterocycles. The molecule has 0 aromatic carbocycles. The highest BCUT2D eigenvalue weighted by atomic mass is 15.2. The predicted octanol–water partition coefficient (Wildman–Crippen LogP) is 3.52. The summed E-state index contributed by atoms with van der Waals surface area (Å²) in [7, 11) is 0. The lowest BCUT2D eigenvalue weighted by Crippen LogP contribution is -2.38. The molecule has 2 rings (SSSR count). The molecule has 0 bridgehead atoms. The molecule has 0 amide bonds. The van der Waals surface area contributed by atoms with Gasteiger partial charge >= 0.3 is 0 Å². The molecule has 1 aliphatic rings. The number of aryl methyl sites for hydroxylation is 1. The molecular formula is C16H23N3. The molecular weight excluding hydrogens is 234 g/mol. The van der Waals surface area contributed by atoms with Crippen LogP contribution in [0.1, 0.15) is 44.9 Å². The van der Waals surface area contributed by atoms with Crippen molar-refractivity contribution in [1.29, 1.82) is 5.26 Å². The molecule has 19 heavy (non-hydrogen) atoms. The molecule has 1 aromatic rings. The van der Waals surface area contributed by atoms with Crippen molar-refractivity contribution in [3.05, 3.63) is 23.4 Å². The van der Waals surface area contributed by atoms with Crippen LogP contribution in [-0.4, -0.2) is 18.1 Å². The Kier molecular flexibility index (Phi) is 3.80. The summed E-state index contributed by atoms with van der Waals surface area (Å²) in [5.74, 6) is 1.63. The SMILES string of the molecule is Cc1ccc(C#N)c(N2CCC(C(C)(C)C)CC2)n1. The van der Waals surface area contributed by atoms with Crippen molar-refractivity contribution < 1.29 is 0 Å². The van der Waals surface area contributed by atoms with E-state index in [1.54, 1.807) is 0 Å². The Balaban J connectivity index is 2.14. The Hall–Kier alpha value is -1.56. The Bertz CT molecular complexity index is 486. The average molecular weight is 257 g/mol. The van der Waals surface area contributed by atoms with Gasteiger partial charge in [0.15, 0.2) is 0 Å². The number of hydrogen-bond acceptors (Lipinski definition) is 3. The summed E-state index contributed by atoms with van der Waals surface area (Å²) < 4.78 is 0. The lowest BCUT2D eigenvalue weighted by atomic mass is 9.75. The fourth-order valence-corrected chi connectivity index (χ4v) is 2.83. The molecule has 0 aliphatic carbocycles. The summed E-state index contributed by atoms with van der Waals surface area (Å²) in [6, 6.07) is 6.05. The van der Waals surface area contributed by atoms with Crippen molar-refractivity contribution in [1.82, 2.24) is 4.98 Å². The number of rotatable bonds is 1. The molecule has 0 radical (unpaired) electrons. The van der Waals surface area contributed by atoms with Crippen LogP contribution in [0, 0.1) is 29.6 Å². The van der Waals surface area contributed by atoms with E-state index in [-0.39, 0.29) is 0 Å². The topological polar surface area (TPSA) is 39.9 Å². The first-order valence-electron chi connectivity index (χ1n) is 7.04. The summed E-state index contributed by atoms with van der Waals surface area (Å²) in [4.78, 5) is 6.83. The van der Waals surface area contributed by atoms with E-state index in [9.17, 15) is 5.26 Å². The first-order valence-corrected chi connectivity index (χ1v) is 7.04. The van der Waals surface area contributed by atoms with Crippen LogP contribution in [-0.2, 0) is 0 Å². The highest BCUT2D eigenvalue weighted by Gasteiger charge is 2.29. The van der Waals surface area contributed by atoms with E-state index < -0.39 is 0 Å². The number of anilines is 1. The van der Waals surface area contributed by atoms with Gasteiger partial charge in [-0.2, -0.15) is 5.26 Å². The molecule has 0 N–H and O–H groups in total. The van der Waals surface area contributed by atoms with Gasteiger partial charge in [0.2, 0.25) is 0 Å². The standard InChI is InChI=1S/C16H23N3/c1-12-5-6-13(11-17)15(18-12)19-9-7-14(8-10-19)16(2,3)4/h5-6,14H,7-10H2,1-4H3. The summed E-state index contributed by atoms with van der Waals surface area (Å²) in [5, 5.41) is 9.20. The summed E-state index contributed by atoms with van der Waals surface area (Å²) in [6.07, 6.45) is 2.37. The van der Waals surface area contributed by atoms with Crippen LogP contribution in [0.5, 0.6) is 0 Å². The van der Waals surface area contributed by atoms with Crippen LogP contribution in [0.4, 0.5) is 5.82 Å². The van der Waals surface area contributed by atoms with Gasteiger partial charge in [-0.15, -0.1) is 0 Å². The van der Waals surface area contributed by atoms with Crippen molar-refractivity contribution in [3.8, 4) is 6.07 Å². The maximum absolute atomic E-state index is 9.20. The predicted molar refractivity (Wildman–Crippen MR) is 78.1 cm³/mol. The first kappa shape index (κ1) is 13.9. The largest absolute Gasteiger partial charge is 0.355 e. The zero-order valence-electron chi connectivity index (χ0n) is 12.4. The van der Waals surface area contributed by atoms with Crippen LogP contribution < -0.4 is 4.90 Å². The van der Waals surface area contributed by atoms with E-state index in [0.717, 1.165) is 30.5 Å². The molecule has 1 saturated heterocycles. The third-order valence-electron chi connectivity index (χ3n) is 4.15. The number of piperidine rings is 1. The molecule has 0 saturated carbocycles. The Labute approximate surface area is 116 Å². The zero-order valence-corrected chi connectivity index (χ0v) is 12.4. The fourth-order valence-electron chi connectivity index (χ4n) is 2.83. The van der Waals surface area contributed by atoms with Gasteiger partial charge in [-0.1, -0.05) is 20.8 Å². The third-order valence-corrected chi connectivity index (χ3v) is 4.15. The highest BCUT2D eigenvalue weighted by Crippen LogP contribution is 2.35. The lowest BCUT2D eigenvalue weighted by Gasteiger charge is -2.39. The smallest absolute Gasteiger partial charge is 0.146 e. The number of hydrogen-bond donors (Lipinski definition) is 0. The summed E-state index contributed by atoms with van der Waals surface area (Å²) in [6.45, 7) is 10.9. The van der Waals surface area contributed by atoms with Crippen LogP contribution in [0.15, 0.2) is 12.1 Å². The first-order chi connectivity index (χ1) is 8.91. The average Bonchev–Trinajstić information content (AvgIpc) is 2.38. The van der Waals surface area contributed by atoms with Gasteiger partial charge in [-0.05, 0) is 43.2 Å². The monoisotopic (exact) mass is 257 g/mol. The van der Waals surface area contributed by atoms with Crippen LogP contribution in [0.2, 0.25) is 0 Å². The maximum Gasteiger partial charge on any atom is 0.146 e. The van der Waals surface area contributed by atoms with E-state index in [1.165, 1.54) is 12.8 Å². The fraction of sp³-hybridized carbons (Fsp3) is 0.625. The molecule has 0 unspecified atom stereocenters. The second kappa shape index (κ2) is 5.21. The van der Waals surface area contributed by atoms with E-state index in [2.05, 4.69) is 36.7 Å². The molecule has 102 valence electrons. The third kappa shape index (κ3) is 3.07. The molecule has 1 aliphatic heterocycles. The van der Waals surface area contributed by atoms with E-state index in [4.69, 9.17) is 0 Å². The van der Waals surface area contributed by atoms with Crippen molar-refractivity contribution in [2.24, 2.45) is 11.3 Å². The van der Waals surface area contributed by atoms with Gasteiger partial charge in [0.05, 0.1) is 5.56 Å². The quantitative estimate of drug-likeness (QED) is 0.772. The number of pyridine rings is 1. The molecule has 0 atom stereocenters. The van der Waals surface area contributed by atoms with Gasteiger partial charge in [-0.3, -0.25) is 0 Å². The summed E-state index contributed by atoms with van der Waals surface area (Å²) >= 11 is 0. The minimum absolute atomic E-state index is 0.379. The van der Waals surface area contributed by atoms with Gasteiger partial charge in [-0.25, -0.2) is 4.98 Å². The summed E-state index contributed by atoms with van der Waals surface area (Å²) in [5.41, 5.74) is 2.05. The van der Waals surface area contributed by atoms with E-state index in [0.29, 0.717) is 11.0 Å². The van der Waals surface area contributed by atoms with Crippen LogP contribution >= 0.6 is 0 Å². The van der Waals surface area contributed by atoms with Crippen LogP contribution in [0.25, 0.3) is 0 Å². The Morgan fingerprint density at radius 1 is 1.26 bits per heavy atom. The van der Waals surface area contributed by atoms with Gasteiger partial charge in [0, 0.05) is 18.8 Å². The number of nitriles is 1. The van der Waals surface area contributed by atoms with E-state index >= 15 is 0 Å². The molecule has 3 heteroatoms. The lowest BCUT2D eigenvalue weighted by molar-refractivity contribution is 0.198. The van der Waals surface area contributed by atoms with Gasteiger partial charge in [0.1, 0.15) is 11.9 Å². The van der Waals surface area contributed by atoms with Gasteiger partial charge in [0.25, 0.3) is 0 Å². The normalized spacial score (nSPS) is 17.3. The van der Waals surface area contributed by atoms with Crippen molar-refractivity contribution in [2.45, 2.75) is 40.5 Å². The molecule has 3 nitrogen and oxygen atoms in total. The molecule has 2 heterocycles. The minimum atomic E-state index is 0.379. The minimum Gasteiger partial charge on any atom is -0.355 e. The second-order valence-electron chi connectivity index (χ2n) is 6.56. The van der Waals surface area contributed by atoms with E-state index in [1.807, 2.05) is 19.1 Å². The molecule has 1 fully saturated rings. The van der Waals surface area contributed by atoms with Crippen LogP contribution in [0.3, 0.4) is 0 Å². The zero-order chi connectivity index (χ0) is 14.0. The van der Waals surface area contributed by atoms with Crippen molar-refractivity contribution >= 4 is 5.82 Å². The van der Waals surface area contributed by atoms with Crippen molar-refractivity contribution in [3.63, 3.8) is 0 Å². The van der Waals surface area contributed by atoms with Crippen molar-refractivity contribution in [2.75, 3.05) is 18.0 Å².